The Labute approximate surface area is 136 Å². The van der Waals surface area contributed by atoms with E-state index in [1.54, 1.807) is 18.5 Å². The highest BCUT2D eigenvalue weighted by molar-refractivity contribution is 5.89. The third-order valence-electron chi connectivity index (χ3n) is 4.13. The lowest BCUT2D eigenvalue weighted by molar-refractivity contribution is 0.767. The van der Waals surface area contributed by atoms with Gasteiger partial charge in [-0.1, -0.05) is 0 Å². The summed E-state index contributed by atoms with van der Waals surface area (Å²) < 4.78 is 24.5. The zero-order chi connectivity index (χ0) is 17.9. The van der Waals surface area contributed by atoms with Crippen LogP contribution in [0, 0.1) is 0 Å². The van der Waals surface area contributed by atoms with E-state index in [0.717, 1.165) is 34.3 Å². The van der Waals surface area contributed by atoms with E-state index >= 15 is 0 Å². The minimum atomic E-state index is -2.32. The molecule has 0 unspecified atom stereocenters. The highest BCUT2D eigenvalue weighted by atomic mass is 15.3. The quantitative estimate of drug-likeness (QED) is 0.608. The molecule has 1 fully saturated rings. The number of nitrogens with zero attached hydrogens (tertiary/aromatic N) is 5. The second kappa shape index (κ2) is 4.52. The van der Waals surface area contributed by atoms with E-state index in [0.29, 0.717) is 28.4 Å². The van der Waals surface area contributed by atoms with Crippen LogP contribution in [-0.2, 0) is 6.98 Å². The highest BCUT2D eigenvalue weighted by Gasteiger charge is 2.28. The second-order valence-corrected chi connectivity index (χ2v) is 5.76. The molecule has 0 spiro atoms. The molecule has 0 saturated heterocycles. The Morgan fingerprint density at radius 3 is 3.09 bits per heavy atom. The topological polar surface area (TPSA) is 84.3 Å². The summed E-state index contributed by atoms with van der Waals surface area (Å²) in [6.45, 7) is -2.32. The maximum atomic E-state index is 7.78. The Morgan fingerprint density at radius 2 is 2.22 bits per heavy atom. The lowest BCUT2D eigenvalue weighted by Gasteiger charge is -2.04. The standard InChI is InChI=1S/C16H15N7/c1-23-12-8-10(4-5-11(12)13(22-23)9-2-3-9)19-16-14-15(20-21-16)18-7-6-17-14/h4-9H,2-3H2,1H3,(H2,18,19,20,21)/i1D3. The maximum Gasteiger partial charge on any atom is 0.201 e. The third-order valence-corrected chi connectivity index (χ3v) is 4.13. The van der Waals surface area contributed by atoms with Crippen molar-refractivity contribution in [3.8, 4) is 0 Å². The minimum absolute atomic E-state index is 0.367. The number of benzene rings is 1. The molecule has 1 aliphatic rings. The van der Waals surface area contributed by atoms with Crippen molar-refractivity contribution in [1.82, 2.24) is 29.9 Å². The van der Waals surface area contributed by atoms with Crippen LogP contribution in [0.15, 0.2) is 30.6 Å². The first-order chi connectivity index (χ1) is 12.5. The Kier molecular flexibility index (Phi) is 1.95. The maximum absolute atomic E-state index is 7.78. The van der Waals surface area contributed by atoms with E-state index in [1.807, 2.05) is 12.1 Å². The average Bonchev–Trinajstić information content (AvgIpc) is 3.26. The van der Waals surface area contributed by atoms with E-state index in [9.17, 15) is 0 Å². The highest BCUT2D eigenvalue weighted by Crippen LogP contribution is 2.42. The van der Waals surface area contributed by atoms with Crippen molar-refractivity contribution in [2.45, 2.75) is 18.8 Å². The molecule has 0 aliphatic heterocycles. The van der Waals surface area contributed by atoms with Crippen molar-refractivity contribution in [1.29, 1.82) is 0 Å². The Morgan fingerprint density at radius 1 is 1.30 bits per heavy atom. The zero-order valence-corrected chi connectivity index (χ0v) is 12.1. The molecule has 0 atom stereocenters. The second-order valence-electron chi connectivity index (χ2n) is 5.76. The summed E-state index contributed by atoms with van der Waals surface area (Å²) >= 11 is 0. The molecule has 1 aromatic carbocycles. The molecule has 7 nitrogen and oxygen atoms in total. The van der Waals surface area contributed by atoms with E-state index in [-0.39, 0.29) is 0 Å². The SMILES string of the molecule is [2H]C([2H])([2H])n1nc(C2CC2)c2ccc(Nc3[nH]nc4nccnc34)cc21. The van der Waals surface area contributed by atoms with Gasteiger partial charge >= 0.3 is 0 Å². The molecular formula is C16H15N7. The smallest absolute Gasteiger partial charge is 0.201 e. The fourth-order valence-electron chi connectivity index (χ4n) is 2.86. The Bertz CT molecular complexity index is 1120. The largest absolute Gasteiger partial charge is 0.339 e. The summed E-state index contributed by atoms with van der Waals surface area (Å²) in [6.07, 6.45) is 5.29. The first-order valence-corrected chi connectivity index (χ1v) is 7.46. The van der Waals surface area contributed by atoms with E-state index < -0.39 is 6.98 Å². The van der Waals surface area contributed by atoms with Gasteiger partial charge < -0.3 is 5.32 Å². The van der Waals surface area contributed by atoms with Crippen LogP contribution in [0.2, 0.25) is 0 Å². The molecule has 3 heterocycles. The first kappa shape index (κ1) is 9.94. The Balaban J connectivity index is 1.61. The summed E-state index contributed by atoms with van der Waals surface area (Å²) in [7, 11) is 0. The summed E-state index contributed by atoms with van der Waals surface area (Å²) in [5.74, 6) is 0.974. The number of aryl methyl sites for hydroxylation is 1. The fraction of sp³-hybridized carbons (Fsp3) is 0.250. The van der Waals surface area contributed by atoms with Crippen molar-refractivity contribution in [2.24, 2.45) is 6.98 Å². The zero-order valence-electron chi connectivity index (χ0n) is 15.1. The van der Waals surface area contributed by atoms with E-state index in [2.05, 4.69) is 30.6 Å². The number of H-pyrrole nitrogens is 1. The van der Waals surface area contributed by atoms with Crippen molar-refractivity contribution in [3.05, 3.63) is 36.3 Å². The van der Waals surface area contributed by atoms with Gasteiger partial charge in [0.1, 0.15) is 0 Å². The number of aromatic amines is 1. The lowest BCUT2D eigenvalue weighted by atomic mass is 10.1. The number of aromatic nitrogens is 6. The van der Waals surface area contributed by atoms with Crippen molar-refractivity contribution < 1.29 is 4.11 Å². The van der Waals surface area contributed by atoms with Crippen molar-refractivity contribution in [3.63, 3.8) is 0 Å². The number of fused-ring (bicyclic) bond motifs is 2. The molecule has 0 bridgehead atoms. The van der Waals surface area contributed by atoms with Crippen LogP contribution in [0.1, 0.15) is 28.6 Å². The molecule has 114 valence electrons. The van der Waals surface area contributed by atoms with Crippen molar-refractivity contribution in [2.75, 3.05) is 5.32 Å². The van der Waals surface area contributed by atoms with Gasteiger partial charge in [0.15, 0.2) is 11.3 Å². The van der Waals surface area contributed by atoms with Crippen LogP contribution in [0.25, 0.3) is 22.1 Å². The number of nitrogens with one attached hydrogen (secondary N) is 2. The molecule has 7 heteroatoms. The van der Waals surface area contributed by atoms with Crippen LogP contribution in [0.5, 0.6) is 0 Å². The molecule has 1 saturated carbocycles. The van der Waals surface area contributed by atoms with Crippen molar-refractivity contribution >= 4 is 33.6 Å². The molecule has 3 aromatic heterocycles. The minimum Gasteiger partial charge on any atom is -0.339 e. The van der Waals surface area contributed by atoms with Gasteiger partial charge in [-0.15, -0.1) is 0 Å². The van der Waals surface area contributed by atoms with Gasteiger partial charge in [-0.25, -0.2) is 9.97 Å². The van der Waals surface area contributed by atoms with Gasteiger partial charge in [-0.05, 0) is 31.0 Å². The van der Waals surface area contributed by atoms with Gasteiger partial charge in [-0.3, -0.25) is 9.78 Å². The van der Waals surface area contributed by atoms with Crippen LogP contribution in [0.3, 0.4) is 0 Å². The molecular weight excluding hydrogens is 290 g/mol. The van der Waals surface area contributed by atoms with Crippen LogP contribution < -0.4 is 5.32 Å². The van der Waals surface area contributed by atoms with Crippen LogP contribution in [-0.4, -0.2) is 29.9 Å². The van der Waals surface area contributed by atoms with Gasteiger partial charge in [0, 0.05) is 40.5 Å². The molecule has 2 N–H and O–H groups in total. The first-order valence-electron chi connectivity index (χ1n) is 8.96. The molecule has 23 heavy (non-hydrogen) atoms. The number of anilines is 2. The van der Waals surface area contributed by atoms with Gasteiger partial charge in [0.2, 0.25) is 5.65 Å². The van der Waals surface area contributed by atoms with Gasteiger partial charge in [0.05, 0.1) is 11.2 Å². The number of rotatable bonds is 3. The third kappa shape index (κ3) is 1.97. The predicted molar refractivity (Wildman–Crippen MR) is 87.7 cm³/mol. The normalized spacial score (nSPS) is 17.1. The van der Waals surface area contributed by atoms with E-state index in [1.165, 1.54) is 0 Å². The predicted octanol–water partition coefficient (Wildman–Crippen LogP) is 2.86. The summed E-state index contributed by atoms with van der Waals surface area (Å²) in [5.41, 5.74) is 3.32. The van der Waals surface area contributed by atoms with Crippen LogP contribution in [0.4, 0.5) is 11.5 Å². The molecule has 5 rings (SSSR count). The van der Waals surface area contributed by atoms with Gasteiger partial charge in [0.25, 0.3) is 0 Å². The molecule has 0 radical (unpaired) electrons. The average molecular weight is 308 g/mol. The summed E-state index contributed by atoms with van der Waals surface area (Å²) in [6, 6.07) is 5.62. The molecule has 1 aliphatic carbocycles. The van der Waals surface area contributed by atoms with Gasteiger partial charge in [-0.2, -0.15) is 10.2 Å². The number of hydrogen-bond donors (Lipinski definition) is 2. The Hall–Kier alpha value is -2.96. The monoisotopic (exact) mass is 308 g/mol. The summed E-state index contributed by atoms with van der Waals surface area (Å²) in [5, 5.41) is 15.5. The summed E-state index contributed by atoms with van der Waals surface area (Å²) in [4.78, 5) is 8.40. The lowest BCUT2D eigenvalue weighted by Crippen LogP contribution is -1.94. The fourth-order valence-corrected chi connectivity index (χ4v) is 2.86. The van der Waals surface area contributed by atoms with Crippen LogP contribution >= 0.6 is 0 Å². The molecule has 4 aromatic rings. The van der Waals surface area contributed by atoms with E-state index in [4.69, 9.17) is 4.11 Å². The molecule has 0 amide bonds. The number of hydrogen-bond acceptors (Lipinski definition) is 5.